The third-order valence-electron chi connectivity index (χ3n) is 3.70. The maximum Gasteiger partial charge on any atom is 0.327 e. The first kappa shape index (κ1) is 19.9. The van der Waals surface area contributed by atoms with Gasteiger partial charge in [0.2, 0.25) is 0 Å². The summed E-state index contributed by atoms with van der Waals surface area (Å²) in [5.74, 6) is -0.765. The number of anilines is 1. The van der Waals surface area contributed by atoms with Crippen LogP contribution >= 0.6 is 11.6 Å². The lowest BCUT2D eigenvalue weighted by molar-refractivity contribution is -0.137. The van der Waals surface area contributed by atoms with Crippen LogP contribution in [0.1, 0.15) is 6.92 Å². The molecule has 26 heavy (non-hydrogen) atoms. The molecule has 0 aliphatic rings. The lowest BCUT2D eigenvalue weighted by Crippen LogP contribution is -2.43. The van der Waals surface area contributed by atoms with Crippen LogP contribution in [0.5, 0.6) is 11.5 Å². The molecule has 0 saturated carbocycles. The van der Waals surface area contributed by atoms with Crippen LogP contribution in [-0.2, 0) is 14.8 Å². The molecule has 1 atom stereocenters. The summed E-state index contributed by atoms with van der Waals surface area (Å²) in [4.78, 5) is 11.5. The summed E-state index contributed by atoms with van der Waals surface area (Å²) in [6.45, 7) is 1.27. The van der Waals surface area contributed by atoms with E-state index in [2.05, 4.69) is 0 Å². The molecular formula is C17H18ClNO6S. The van der Waals surface area contributed by atoms with E-state index in [-0.39, 0.29) is 16.3 Å². The fourth-order valence-corrected chi connectivity index (χ4v) is 4.08. The quantitative estimate of drug-likeness (QED) is 0.769. The molecule has 0 bridgehead atoms. The Morgan fingerprint density at radius 1 is 1.12 bits per heavy atom. The third kappa shape index (κ3) is 3.86. The van der Waals surface area contributed by atoms with E-state index in [0.29, 0.717) is 10.8 Å². The average molecular weight is 400 g/mol. The van der Waals surface area contributed by atoms with E-state index < -0.39 is 22.0 Å². The van der Waals surface area contributed by atoms with E-state index in [4.69, 9.17) is 21.1 Å². The van der Waals surface area contributed by atoms with Gasteiger partial charge in [0, 0.05) is 11.1 Å². The standard InChI is InChI=1S/C17H18ClNO6S/c1-11(17(20)21)19(15-10-13(24-2)6-9-16(15)25-3)26(22,23)14-7-4-12(18)5-8-14/h4-11H,1-3H3,(H,20,21). The average Bonchev–Trinajstić information content (AvgIpc) is 2.61. The molecule has 0 aliphatic heterocycles. The predicted octanol–water partition coefficient (Wildman–Crippen LogP) is 3.03. The second-order valence-electron chi connectivity index (χ2n) is 5.31. The number of hydrogen-bond donors (Lipinski definition) is 1. The molecule has 0 fully saturated rings. The number of hydrogen-bond acceptors (Lipinski definition) is 5. The summed E-state index contributed by atoms with van der Waals surface area (Å²) in [5, 5.41) is 9.82. The van der Waals surface area contributed by atoms with Gasteiger partial charge in [-0.25, -0.2) is 17.5 Å². The summed E-state index contributed by atoms with van der Waals surface area (Å²) < 4.78 is 37.5. The van der Waals surface area contributed by atoms with Gasteiger partial charge < -0.3 is 14.6 Å². The largest absolute Gasteiger partial charge is 0.497 e. The van der Waals surface area contributed by atoms with Crippen molar-refractivity contribution in [3.05, 3.63) is 47.5 Å². The highest BCUT2D eigenvalue weighted by Crippen LogP contribution is 2.37. The first-order chi connectivity index (χ1) is 12.2. The number of methoxy groups -OCH3 is 2. The molecule has 2 aromatic rings. The fourth-order valence-electron chi connectivity index (χ4n) is 2.34. The number of nitrogens with zero attached hydrogens (tertiary/aromatic N) is 1. The van der Waals surface area contributed by atoms with Crippen molar-refractivity contribution in [2.24, 2.45) is 0 Å². The van der Waals surface area contributed by atoms with Crippen molar-refractivity contribution in [2.45, 2.75) is 17.9 Å². The van der Waals surface area contributed by atoms with Gasteiger partial charge >= 0.3 is 5.97 Å². The highest BCUT2D eigenvalue weighted by molar-refractivity contribution is 7.93. The maximum absolute atomic E-state index is 13.2. The van der Waals surface area contributed by atoms with Gasteiger partial charge in [-0.2, -0.15) is 0 Å². The van der Waals surface area contributed by atoms with Crippen molar-refractivity contribution >= 4 is 33.3 Å². The molecule has 0 spiro atoms. The van der Waals surface area contributed by atoms with E-state index >= 15 is 0 Å². The topological polar surface area (TPSA) is 93.1 Å². The number of halogens is 1. The molecule has 0 heterocycles. The molecule has 0 aliphatic carbocycles. The number of carboxylic acids is 1. The predicted molar refractivity (Wildman–Crippen MR) is 97.8 cm³/mol. The minimum Gasteiger partial charge on any atom is -0.497 e. The number of aliphatic carboxylic acids is 1. The van der Waals surface area contributed by atoms with Crippen LogP contribution < -0.4 is 13.8 Å². The Balaban J connectivity index is 2.72. The Morgan fingerprint density at radius 2 is 1.73 bits per heavy atom. The van der Waals surface area contributed by atoms with E-state index in [9.17, 15) is 18.3 Å². The minimum atomic E-state index is -4.21. The molecule has 0 radical (unpaired) electrons. The second kappa shape index (κ2) is 7.84. The van der Waals surface area contributed by atoms with Crippen LogP contribution in [0.2, 0.25) is 5.02 Å². The van der Waals surface area contributed by atoms with Gasteiger partial charge in [-0.3, -0.25) is 0 Å². The summed E-state index contributed by atoms with van der Waals surface area (Å²) in [5.41, 5.74) is 0.0525. The molecule has 7 nitrogen and oxygen atoms in total. The molecule has 2 rings (SSSR count). The molecule has 1 unspecified atom stereocenters. The smallest absolute Gasteiger partial charge is 0.327 e. The van der Waals surface area contributed by atoms with Gasteiger partial charge in [-0.1, -0.05) is 11.6 Å². The van der Waals surface area contributed by atoms with Crippen LogP contribution in [0.25, 0.3) is 0 Å². The van der Waals surface area contributed by atoms with Crippen LogP contribution in [0.3, 0.4) is 0 Å². The van der Waals surface area contributed by atoms with Crippen molar-refractivity contribution in [3.8, 4) is 11.5 Å². The third-order valence-corrected chi connectivity index (χ3v) is 5.85. The highest BCUT2D eigenvalue weighted by atomic mass is 35.5. The summed E-state index contributed by atoms with van der Waals surface area (Å²) in [6, 6.07) is 8.57. The lowest BCUT2D eigenvalue weighted by Gasteiger charge is -2.29. The highest BCUT2D eigenvalue weighted by Gasteiger charge is 2.35. The van der Waals surface area contributed by atoms with Crippen LogP contribution in [0.15, 0.2) is 47.4 Å². The van der Waals surface area contributed by atoms with E-state index in [1.807, 2.05) is 0 Å². The van der Waals surface area contributed by atoms with Crippen LogP contribution in [0, 0.1) is 0 Å². The Bertz CT molecular complexity index is 898. The van der Waals surface area contributed by atoms with E-state index in [1.165, 1.54) is 57.5 Å². The molecule has 0 saturated heterocycles. The normalized spacial score (nSPS) is 12.3. The Labute approximate surface area is 156 Å². The lowest BCUT2D eigenvalue weighted by atomic mass is 10.2. The number of carbonyl (C=O) groups is 1. The zero-order valence-corrected chi connectivity index (χ0v) is 15.9. The van der Waals surface area contributed by atoms with Crippen LogP contribution in [0.4, 0.5) is 5.69 Å². The van der Waals surface area contributed by atoms with Gasteiger partial charge in [0.05, 0.1) is 24.8 Å². The van der Waals surface area contributed by atoms with Gasteiger partial charge in [-0.05, 0) is 43.3 Å². The van der Waals surface area contributed by atoms with Crippen molar-refractivity contribution in [1.82, 2.24) is 0 Å². The number of carboxylic acid groups (broad SMARTS) is 1. The molecule has 0 aromatic heterocycles. The SMILES string of the molecule is COc1ccc(OC)c(N(C(C)C(=O)O)S(=O)(=O)c2ccc(Cl)cc2)c1. The Hall–Kier alpha value is -2.45. The first-order valence-electron chi connectivity index (χ1n) is 7.47. The summed E-state index contributed by atoms with van der Waals surface area (Å²) in [6.07, 6.45) is 0. The maximum atomic E-state index is 13.2. The van der Waals surface area contributed by atoms with Gasteiger partial charge in [0.1, 0.15) is 17.5 Å². The molecule has 2 aromatic carbocycles. The molecule has 0 amide bonds. The summed E-state index contributed by atoms with van der Waals surface area (Å²) in [7, 11) is -1.43. The van der Waals surface area contributed by atoms with Crippen molar-refractivity contribution in [1.29, 1.82) is 0 Å². The van der Waals surface area contributed by atoms with Gasteiger partial charge in [-0.15, -0.1) is 0 Å². The zero-order valence-electron chi connectivity index (χ0n) is 14.3. The number of rotatable bonds is 7. The molecule has 140 valence electrons. The minimum absolute atomic E-state index is 0.0525. The van der Waals surface area contributed by atoms with E-state index in [0.717, 1.165) is 4.31 Å². The number of ether oxygens (including phenoxy) is 2. The van der Waals surface area contributed by atoms with Crippen molar-refractivity contribution in [3.63, 3.8) is 0 Å². The van der Waals surface area contributed by atoms with Crippen molar-refractivity contribution in [2.75, 3.05) is 18.5 Å². The number of sulfonamides is 1. The number of benzene rings is 2. The molecule has 9 heteroatoms. The van der Waals surface area contributed by atoms with Gasteiger partial charge in [0.25, 0.3) is 10.0 Å². The first-order valence-corrected chi connectivity index (χ1v) is 9.29. The Kier molecular flexibility index (Phi) is 5.99. The van der Waals surface area contributed by atoms with Gasteiger partial charge in [0.15, 0.2) is 0 Å². The summed E-state index contributed by atoms with van der Waals surface area (Å²) >= 11 is 5.82. The second-order valence-corrected chi connectivity index (χ2v) is 7.56. The monoisotopic (exact) mass is 399 g/mol. The molecular weight excluding hydrogens is 382 g/mol. The fraction of sp³-hybridized carbons (Fsp3) is 0.235. The Morgan fingerprint density at radius 3 is 2.23 bits per heavy atom. The zero-order chi connectivity index (χ0) is 19.5. The van der Waals surface area contributed by atoms with E-state index in [1.54, 1.807) is 6.07 Å². The van der Waals surface area contributed by atoms with Crippen molar-refractivity contribution < 1.29 is 27.8 Å². The molecule has 1 N–H and O–H groups in total. The van der Waals surface area contributed by atoms with Crippen LogP contribution in [-0.4, -0.2) is 39.8 Å².